The van der Waals surface area contributed by atoms with Crippen LogP contribution < -0.4 is 10.2 Å². The number of aromatic nitrogens is 2. The summed E-state index contributed by atoms with van der Waals surface area (Å²) in [6, 6.07) is 2.97. The maximum absolute atomic E-state index is 13.8. The van der Waals surface area contributed by atoms with Crippen molar-refractivity contribution < 1.29 is 18.4 Å². The van der Waals surface area contributed by atoms with Gasteiger partial charge in [-0.25, -0.2) is 8.78 Å². The molecule has 23 heavy (non-hydrogen) atoms. The third kappa shape index (κ3) is 3.19. The van der Waals surface area contributed by atoms with Gasteiger partial charge in [0.1, 0.15) is 16.6 Å². The molecule has 6 nitrogen and oxygen atoms in total. The molecule has 1 aromatic carbocycles. The van der Waals surface area contributed by atoms with Crippen LogP contribution in [0.5, 0.6) is 0 Å². The predicted octanol–water partition coefficient (Wildman–Crippen LogP) is 2.12. The van der Waals surface area contributed by atoms with Crippen molar-refractivity contribution in [2.24, 2.45) is 5.92 Å². The van der Waals surface area contributed by atoms with Crippen LogP contribution in [0.4, 0.5) is 19.6 Å². The summed E-state index contributed by atoms with van der Waals surface area (Å²) in [5, 5.41) is 11.2. The molecule has 1 aliphatic rings. The minimum absolute atomic E-state index is 0.0292. The Kier molecular flexibility index (Phi) is 4.03. The molecule has 0 saturated carbocycles. The minimum atomic E-state index is -0.834. The summed E-state index contributed by atoms with van der Waals surface area (Å²) in [5.41, 5.74) is -0.0292. The highest BCUT2D eigenvalue weighted by Crippen LogP contribution is 2.28. The van der Waals surface area contributed by atoms with Gasteiger partial charge in [-0.05, 0) is 19.1 Å². The average molecular weight is 338 g/mol. The fourth-order valence-corrected chi connectivity index (χ4v) is 2.97. The number of anilines is 2. The molecule has 1 aromatic heterocycles. The number of hydrogen-bond donors (Lipinski definition) is 1. The first-order valence-electron chi connectivity index (χ1n) is 6.80. The van der Waals surface area contributed by atoms with Crippen LogP contribution in [0.1, 0.15) is 11.4 Å². The van der Waals surface area contributed by atoms with E-state index >= 15 is 0 Å². The number of nitrogens with zero attached hydrogens (tertiary/aromatic N) is 3. The van der Waals surface area contributed by atoms with E-state index in [9.17, 15) is 18.4 Å². The van der Waals surface area contributed by atoms with Gasteiger partial charge in [-0.3, -0.25) is 9.59 Å². The summed E-state index contributed by atoms with van der Waals surface area (Å²) in [5.74, 6) is -2.95. The third-order valence-electron chi connectivity index (χ3n) is 3.45. The Hall–Kier alpha value is -2.42. The largest absolute Gasteiger partial charge is 0.309 e. The molecule has 1 atom stereocenters. The highest BCUT2D eigenvalue weighted by Gasteiger charge is 2.36. The highest BCUT2D eigenvalue weighted by molar-refractivity contribution is 7.15. The van der Waals surface area contributed by atoms with Gasteiger partial charge in [0.05, 0.1) is 11.6 Å². The molecule has 0 unspecified atom stereocenters. The molecule has 0 aliphatic carbocycles. The normalized spacial score (nSPS) is 17.6. The summed E-state index contributed by atoms with van der Waals surface area (Å²) >= 11 is 1.22. The topological polar surface area (TPSA) is 75.2 Å². The molecule has 1 aliphatic heterocycles. The van der Waals surface area contributed by atoms with E-state index in [4.69, 9.17) is 0 Å². The van der Waals surface area contributed by atoms with E-state index < -0.39 is 17.6 Å². The Morgan fingerprint density at radius 2 is 2.17 bits per heavy atom. The van der Waals surface area contributed by atoms with Crippen LogP contribution in [0.25, 0.3) is 0 Å². The van der Waals surface area contributed by atoms with Crippen LogP contribution in [-0.4, -0.2) is 28.6 Å². The van der Waals surface area contributed by atoms with Crippen molar-refractivity contribution in [1.82, 2.24) is 10.2 Å². The molecule has 120 valence electrons. The van der Waals surface area contributed by atoms with Gasteiger partial charge in [0.25, 0.3) is 0 Å². The molecule has 0 radical (unpaired) electrons. The Labute approximate surface area is 134 Å². The van der Waals surface area contributed by atoms with Crippen molar-refractivity contribution >= 4 is 34.0 Å². The first-order chi connectivity index (χ1) is 10.9. The van der Waals surface area contributed by atoms with Crippen LogP contribution in [0.3, 0.4) is 0 Å². The second-order valence-electron chi connectivity index (χ2n) is 5.12. The molecule has 2 aromatic rings. The van der Waals surface area contributed by atoms with Gasteiger partial charge in [-0.15, -0.1) is 10.2 Å². The summed E-state index contributed by atoms with van der Waals surface area (Å²) in [7, 11) is 0. The SMILES string of the molecule is Cc1nnc(NC(=O)[C@H]2CC(=O)N(c3ccc(F)cc3F)C2)s1. The second kappa shape index (κ2) is 5.99. The summed E-state index contributed by atoms with van der Waals surface area (Å²) in [6.45, 7) is 1.79. The van der Waals surface area contributed by atoms with Gasteiger partial charge in [0, 0.05) is 19.0 Å². The smallest absolute Gasteiger partial charge is 0.231 e. The van der Waals surface area contributed by atoms with E-state index in [1.54, 1.807) is 6.92 Å². The van der Waals surface area contributed by atoms with Crippen molar-refractivity contribution in [2.75, 3.05) is 16.8 Å². The maximum atomic E-state index is 13.8. The number of nitrogens with one attached hydrogen (secondary N) is 1. The summed E-state index contributed by atoms with van der Waals surface area (Å²) in [4.78, 5) is 25.4. The molecule has 9 heteroatoms. The van der Waals surface area contributed by atoms with Crippen LogP contribution in [-0.2, 0) is 9.59 Å². The highest BCUT2D eigenvalue weighted by atomic mass is 32.1. The zero-order chi connectivity index (χ0) is 16.6. The van der Waals surface area contributed by atoms with Crippen LogP contribution in [0.15, 0.2) is 18.2 Å². The monoisotopic (exact) mass is 338 g/mol. The van der Waals surface area contributed by atoms with Crippen LogP contribution in [0, 0.1) is 24.5 Å². The molecule has 0 spiro atoms. The zero-order valence-electron chi connectivity index (χ0n) is 12.0. The quantitative estimate of drug-likeness (QED) is 0.930. The van der Waals surface area contributed by atoms with Crippen molar-refractivity contribution in [2.45, 2.75) is 13.3 Å². The predicted molar refractivity (Wildman–Crippen MR) is 80.1 cm³/mol. The van der Waals surface area contributed by atoms with Gasteiger partial charge in [0.15, 0.2) is 0 Å². The number of hydrogen-bond acceptors (Lipinski definition) is 5. The van der Waals surface area contributed by atoms with E-state index in [1.165, 1.54) is 17.4 Å². The Morgan fingerprint density at radius 3 is 2.83 bits per heavy atom. The molecular weight excluding hydrogens is 326 g/mol. The number of aryl methyl sites for hydroxylation is 1. The Morgan fingerprint density at radius 1 is 1.39 bits per heavy atom. The lowest BCUT2D eigenvalue weighted by Crippen LogP contribution is -2.28. The van der Waals surface area contributed by atoms with Crippen molar-refractivity contribution in [1.29, 1.82) is 0 Å². The van der Waals surface area contributed by atoms with Gasteiger partial charge >= 0.3 is 0 Å². The summed E-state index contributed by atoms with van der Waals surface area (Å²) < 4.78 is 26.8. The summed E-state index contributed by atoms with van der Waals surface area (Å²) in [6.07, 6.45) is -0.0412. The van der Waals surface area contributed by atoms with E-state index in [0.29, 0.717) is 16.2 Å². The lowest BCUT2D eigenvalue weighted by Gasteiger charge is -2.17. The van der Waals surface area contributed by atoms with Gasteiger partial charge in [-0.2, -0.15) is 0 Å². The van der Waals surface area contributed by atoms with Gasteiger partial charge in [0.2, 0.25) is 16.9 Å². The second-order valence-corrected chi connectivity index (χ2v) is 6.30. The van der Waals surface area contributed by atoms with Crippen LogP contribution >= 0.6 is 11.3 Å². The Balaban J connectivity index is 1.73. The van der Waals surface area contributed by atoms with Crippen LogP contribution in [0.2, 0.25) is 0 Å². The minimum Gasteiger partial charge on any atom is -0.309 e. The molecule has 1 saturated heterocycles. The number of halogens is 2. The lowest BCUT2D eigenvalue weighted by molar-refractivity contribution is -0.122. The van der Waals surface area contributed by atoms with E-state index in [2.05, 4.69) is 15.5 Å². The molecular formula is C14H12F2N4O2S. The van der Waals surface area contributed by atoms with E-state index in [1.807, 2.05) is 0 Å². The van der Waals surface area contributed by atoms with E-state index in [0.717, 1.165) is 11.0 Å². The number of rotatable bonds is 3. The number of carbonyl (C=O) groups is 2. The zero-order valence-corrected chi connectivity index (χ0v) is 12.9. The van der Waals surface area contributed by atoms with Crippen molar-refractivity contribution in [3.05, 3.63) is 34.8 Å². The van der Waals surface area contributed by atoms with Gasteiger partial charge < -0.3 is 10.2 Å². The first-order valence-corrected chi connectivity index (χ1v) is 7.62. The molecule has 2 amide bonds. The number of amides is 2. The molecule has 1 N–H and O–H groups in total. The molecule has 0 bridgehead atoms. The van der Waals surface area contributed by atoms with E-state index in [-0.39, 0.29) is 30.5 Å². The first kappa shape index (κ1) is 15.5. The molecule has 1 fully saturated rings. The fraction of sp³-hybridized carbons (Fsp3) is 0.286. The standard InChI is InChI=1S/C14H12F2N4O2S/c1-7-18-19-14(23-7)17-13(22)8-4-12(21)20(6-8)11-3-2-9(15)5-10(11)16/h2-3,5,8H,4,6H2,1H3,(H,17,19,22)/t8-/m0/s1. The Bertz CT molecular complexity index is 780. The van der Waals surface area contributed by atoms with Gasteiger partial charge in [-0.1, -0.05) is 11.3 Å². The van der Waals surface area contributed by atoms with Crippen molar-refractivity contribution in [3.63, 3.8) is 0 Å². The van der Waals surface area contributed by atoms with Crippen molar-refractivity contribution in [3.8, 4) is 0 Å². The average Bonchev–Trinajstić information content (AvgIpc) is 3.05. The number of benzene rings is 1. The molecule has 2 heterocycles. The number of carbonyl (C=O) groups excluding carboxylic acids is 2. The lowest BCUT2D eigenvalue weighted by atomic mass is 10.1. The molecule has 3 rings (SSSR count). The maximum Gasteiger partial charge on any atom is 0.231 e. The fourth-order valence-electron chi connectivity index (χ4n) is 2.37. The third-order valence-corrected chi connectivity index (χ3v) is 4.21.